The van der Waals surface area contributed by atoms with Crippen molar-refractivity contribution in [2.75, 3.05) is 13.1 Å². The first-order valence-electron chi connectivity index (χ1n) is 10.3. The summed E-state index contributed by atoms with van der Waals surface area (Å²) in [6, 6.07) is 8.90. The van der Waals surface area contributed by atoms with Gasteiger partial charge in [0.15, 0.2) is 0 Å². The third-order valence-corrected chi connectivity index (χ3v) is 6.33. The molecule has 1 aliphatic rings. The second-order valence-electron chi connectivity index (χ2n) is 8.83. The standard InChI is InChI=1S/C23H30N4OS/c1-23(2,3)21-15-29-22(26-21)18-6-4-17(5-7-18)13-27-10-8-20(9-11-27)28-14-19-12-24-16-25-19/h4-7,12,15-16,20H,8-11,13-14H2,1-3H3,(H,24,25). The monoisotopic (exact) mass is 410 g/mol. The van der Waals surface area contributed by atoms with Crippen LogP contribution < -0.4 is 0 Å². The number of aromatic nitrogens is 3. The van der Waals surface area contributed by atoms with Crippen LogP contribution in [0.25, 0.3) is 10.6 Å². The summed E-state index contributed by atoms with van der Waals surface area (Å²) in [6.07, 6.45) is 6.10. The molecule has 1 aromatic carbocycles. The van der Waals surface area contributed by atoms with Gasteiger partial charge < -0.3 is 9.72 Å². The Balaban J connectivity index is 1.27. The smallest absolute Gasteiger partial charge is 0.123 e. The molecule has 3 aromatic rings. The molecule has 3 heterocycles. The first-order valence-corrected chi connectivity index (χ1v) is 11.2. The number of hydrogen-bond donors (Lipinski definition) is 1. The van der Waals surface area contributed by atoms with Gasteiger partial charge in [0.1, 0.15) is 5.01 Å². The van der Waals surface area contributed by atoms with Gasteiger partial charge in [0, 0.05) is 42.2 Å². The maximum Gasteiger partial charge on any atom is 0.123 e. The van der Waals surface area contributed by atoms with E-state index in [1.807, 2.05) is 6.20 Å². The molecular weight excluding hydrogens is 380 g/mol. The van der Waals surface area contributed by atoms with Crippen molar-refractivity contribution >= 4 is 11.3 Å². The second-order valence-corrected chi connectivity index (χ2v) is 9.69. The Morgan fingerprint density at radius 1 is 1.17 bits per heavy atom. The van der Waals surface area contributed by atoms with E-state index < -0.39 is 0 Å². The predicted molar refractivity (Wildman–Crippen MR) is 118 cm³/mol. The summed E-state index contributed by atoms with van der Waals surface area (Å²) < 4.78 is 6.00. The van der Waals surface area contributed by atoms with Crippen molar-refractivity contribution in [1.82, 2.24) is 19.9 Å². The third-order valence-electron chi connectivity index (χ3n) is 5.44. The summed E-state index contributed by atoms with van der Waals surface area (Å²) in [5, 5.41) is 3.29. The summed E-state index contributed by atoms with van der Waals surface area (Å²) in [5.41, 5.74) is 4.81. The summed E-state index contributed by atoms with van der Waals surface area (Å²) in [5.74, 6) is 0. The van der Waals surface area contributed by atoms with Crippen molar-refractivity contribution < 1.29 is 4.74 Å². The Hall–Kier alpha value is -2.02. The highest BCUT2D eigenvalue weighted by Gasteiger charge is 2.20. The van der Waals surface area contributed by atoms with Crippen LogP contribution >= 0.6 is 11.3 Å². The van der Waals surface area contributed by atoms with Gasteiger partial charge in [0.2, 0.25) is 0 Å². The molecule has 0 aliphatic carbocycles. The van der Waals surface area contributed by atoms with Crippen molar-refractivity contribution in [1.29, 1.82) is 0 Å². The summed E-state index contributed by atoms with van der Waals surface area (Å²) in [6.45, 7) is 10.4. The van der Waals surface area contributed by atoms with E-state index in [1.165, 1.54) is 16.8 Å². The van der Waals surface area contributed by atoms with Crippen LogP contribution in [0.3, 0.4) is 0 Å². The Morgan fingerprint density at radius 2 is 1.93 bits per heavy atom. The molecule has 0 amide bonds. The molecule has 0 spiro atoms. The number of likely N-dealkylation sites (tertiary alicyclic amines) is 1. The molecule has 1 saturated heterocycles. The first kappa shape index (κ1) is 20.3. The van der Waals surface area contributed by atoms with E-state index in [2.05, 4.69) is 65.3 Å². The Kier molecular flexibility index (Phi) is 6.13. The lowest BCUT2D eigenvalue weighted by Crippen LogP contribution is -2.36. The highest BCUT2D eigenvalue weighted by molar-refractivity contribution is 7.13. The van der Waals surface area contributed by atoms with Gasteiger partial charge in [0.05, 0.1) is 30.4 Å². The predicted octanol–water partition coefficient (Wildman–Crippen LogP) is 5.01. The maximum absolute atomic E-state index is 6.00. The van der Waals surface area contributed by atoms with Crippen molar-refractivity contribution in [2.45, 2.75) is 58.3 Å². The number of benzene rings is 1. The molecule has 2 aromatic heterocycles. The lowest BCUT2D eigenvalue weighted by molar-refractivity contribution is -0.00510. The zero-order valence-corrected chi connectivity index (χ0v) is 18.3. The van der Waals surface area contributed by atoms with Gasteiger partial charge in [-0.25, -0.2) is 9.97 Å². The molecule has 6 heteroatoms. The van der Waals surface area contributed by atoms with Gasteiger partial charge in [-0.1, -0.05) is 45.0 Å². The van der Waals surface area contributed by atoms with E-state index >= 15 is 0 Å². The molecule has 0 radical (unpaired) electrons. The highest BCUT2D eigenvalue weighted by atomic mass is 32.1. The summed E-state index contributed by atoms with van der Waals surface area (Å²) in [4.78, 5) is 14.5. The van der Waals surface area contributed by atoms with E-state index in [-0.39, 0.29) is 5.41 Å². The van der Waals surface area contributed by atoms with Crippen molar-refractivity contribution in [2.24, 2.45) is 0 Å². The Bertz CT molecular complexity index is 888. The highest BCUT2D eigenvalue weighted by Crippen LogP contribution is 2.30. The minimum atomic E-state index is 0.0999. The zero-order valence-electron chi connectivity index (χ0n) is 17.5. The van der Waals surface area contributed by atoms with Gasteiger partial charge in [-0.3, -0.25) is 4.90 Å². The second kappa shape index (κ2) is 8.78. The average Bonchev–Trinajstić information content (AvgIpc) is 3.40. The Labute approximate surface area is 177 Å². The molecule has 29 heavy (non-hydrogen) atoms. The van der Waals surface area contributed by atoms with Crippen LogP contribution in [0.2, 0.25) is 0 Å². The number of aromatic amines is 1. The molecule has 1 N–H and O–H groups in total. The maximum atomic E-state index is 6.00. The minimum absolute atomic E-state index is 0.0999. The van der Waals surface area contributed by atoms with Crippen LogP contribution in [-0.2, 0) is 23.3 Å². The molecular formula is C23H30N4OS. The molecule has 154 valence electrons. The lowest BCUT2D eigenvalue weighted by atomic mass is 9.93. The van der Waals surface area contributed by atoms with Crippen LogP contribution in [0.5, 0.6) is 0 Å². The molecule has 1 fully saturated rings. The number of nitrogens with zero attached hydrogens (tertiary/aromatic N) is 3. The lowest BCUT2D eigenvalue weighted by Gasteiger charge is -2.31. The zero-order chi connectivity index (χ0) is 20.3. The summed E-state index contributed by atoms with van der Waals surface area (Å²) >= 11 is 1.73. The molecule has 0 bridgehead atoms. The quantitative estimate of drug-likeness (QED) is 0.620. The van der Waals surface area contributed by atoms with Crippen LogP contribution in [0.15, 0.2) is 42.2 Å². The molecule has 5 nitrogen and oxygen atoms in total. The number of H-pyrrole nitrogens is 1. The molecule has 0 saturated carbocycles. The van der Waals surface area contributed by atoms with E-state index in [1.54, 1.807) is 17.7 Å². The number of piperidine rings is 1. The van der Waals surface area contributed by atoms with Crippen LogP contribution in [0.1, 0.15) is 50.6 Å². The van der Waals surface area contributed by atoms with Crippen molar-refractivity contribution in [3.05, 3.63) is 59.1 Å². The van der Waals surface area contributed by atoms with Gasteiger partial charge in [-0.15, -0.1) is 11.3 Å². The number of hydrogen-bond acceptors (Lipinski definition) is 5. The number of imidazole rings is 1. The third kappa shape index (κ3) is 5.32. The van der Waals surface area contributed by atoms with Crippen LogP contribution in [-0.4, -0.2) is 39.0 Å². The Morgan fingerprint density at radius 3 is 2.55 bits per heavy atom. The van der Waals surface area contributed by atoms with E-state index in [4.69, 9.17) is 9.72 Å². The number of ether oxygens (including phenoxy) is 1. The molecule has 0 unspecified atom stereocenters. The van der Waals surface area contributed by atoms with Gasteiger partial charge in [-0.2, -0.15) is 0 Å². The fourth-order valence-corrected chi connectivity index (χ4v) is 4.62. The SMILES string of the molecule is CC(C)(C)c1csc(-c2ccc(CN3CCC(OCc4c[nH]cn4)CC3)cc2)n1. The number of nitrogens with one attached hydrogen (secondary N) is 1. The largest absolute Gasteiger partial charge is 0.372 e. The fourth-order valence-electron chi connectivity index (χ4n) is 3.57. The van der Waals surface area contributed by atoms with Crippen LogP contribution in [0, 0.1) is 0 Å². The topological polar surface area (TPSA) is 54.0 Å². The van der Waals surface area contributed by atoms with Crippen LogP contribution in [0.4, 0.5) is 0 Å². The number of thiazole rings is 1. The van der Waals surface area contributed by atoms with Crippen molar-refractivity contribution in [3.63, 3.8) is 0 Å². The first-order chi connectivity index (χ1) is 14.0. The van der Waals surface area contributed by atoms with E-state index in [9.17, 15) is 0 Å². The average molecular weight is 411 g/mol. The van der Waals surface area contributed by atoms with E-state index in [0.717, 1.165) is 43.2 Å². The molecule has 4 rings (SSSR count). The van der Waals surface area contributed by atoms with Gasteiger partial charge in [0.25, 0.3) is 0 Å². The minimum Gasteiger partial charge on any atom is -0.372 e. The molecule has 0 atom stereocenters. The van der Waals surface area contributed by atoms with Crippen molar-refractivity contribution in [3.8, 4) is 10.6 Å². The van der Waals surface area contributed by atoms with Gasteiger partial charge in [-0.05, 0) is 18.4 Å². The van der Waals surface area contributed by atoms with E-state index in [0.29, 0.717) is 12.7 Å². The molecule has 1 aliphatic heterocycles. The number of rotatable bonds is 6. The van der Waals surface area contributed by atoms with Gasteiger partial charge >= 0.3 is 0 Å². The summed E-state index contributed by atoms with van der Waals surface area (Å²) in [7, 11) is 0. The fraction of sp³-hybridized carbons (Fsp3) is 0.478. The normalized spacial score (nSPS) is 16.4.